The number of benzene rings is 2. The minimum atomic E-state index is -0.196. The number of carbonyl (C=O) groups is 1. The van der Waals surface area contributed by atoms with Gasteiger partial charge in [0.25, 0.3) is 5.91 Å². The zero-order valence-electron chi connectivity index (χ0n) is 14.6. The van der Waals surface area contributed by atoms with Gasteiger partial charge in [0.2, 0.25) is 0 Å². The molecule has 1 N–H and O–H groups in total. The number of hydrogen-bond donors (Lipinski definition) is 1. The third kappa shape index (κ3) is 3.83. The Morgan fingerprint density at radius 2 is 1.69 bits per heavy atom. The monoisotopic (exact) mass is 370 g/mol. The molecule has 1 aliphatic heterocycles. The molecule has 26 heavy (non-hydrogen) atoms. The highest BCUT2D eigenvalue weighted by atomic mass is 32.2. The molecule has 0 bridgehead atoms. The average molecular weight is 370 g/mol. The highest BCUT2D eigenvalue weighted by molar-refractivity contribution is 8.18. The first-order valence-corrected chi connectivity index (χ1v) is 8.61. The van der Waals surface area contributed by atoms with Crippen LogP contribution in [0.2, 0.25) is 0 Å². The van der Waals surface area contributed by atoms with Crippen LogP contribution in [0.4, 0.5) is 5.69 Å². The van der Waals surface area contributed by atoms with Gasteiger partial charge in [-0.3, -0.25) is 4.79 Å². The first-order chi connectivity index (χ1) is 12.6. The molecule has 1 saturated heterocycles. The van der Waals surface area contributed by atoms with E-state index in [9.17, 15) is 4.79 Å². The molecule has 0 aliphatic carbocycles. The molecule has 1 fully saturated rings. The van der Waals surface area contributed by atoms with Crippen molar-refractivity contribution in [2.24, 2.45) is 4.99 Å². The van der Waals surface area contributed by atoms with Gasteiger partial charge < -0.3 is 19.5 Å². The van der Waals surface area contributed by atoms with Gasteiger partial charge in [-0.2, -0.15) is 0 Å². The summed E-state index contributed by atoms with van der Waals surface area (Å²) in [4.78, 5) is 17.3. The smallest absolute Gasteiger partial charge is 0.264 e. The fraction of sp³-hybridized carbons (Fsp3) is 0.158. The molecule has 2 aromatic rings. The Kier molecular flexibility index (Phi) is 5.48. The van der Waals surface area contributed by atoms with Gasteiger partial charge in [0.05, 0.1) is 26.2 Å². The topological polar surface area (TPSA) is 69.2 Å². The number of hydrogen-bond acceptors (Lipinski definition) is 6. The highest BCUT2D eigenvalue weighted by Crippen LogP contribution is 2.33. The summed E-state index contributed by atoms with van der Waals surface area (Å²) < 4.78 is 15.8. The molecule has 134 valence electrons. The Hall–Kier alpha value is -2.93. The standard InChI is InChI=1S/C19H18N2O4S/c1-23-14-7-5-4-6-13(14)20-19-21-18(22)17(26-19)11-12-8-9-15(24-2)16(10-12)25-3/h4-11H,1-3H3,(H,20,21,22). The van der Waals surface area contributed by atoms with Gasteiger partial charge in [-0.15, -0.1) is 0 Å². The highest BCUT2D eigenvalue weighted by Gasteiger charge is 2.24. The summed E-state index contributed by atoms with van der Waals surface area (Å²) in [6, 6.07) is 12.9. The van der Waals surface area contributed by atoms with E-state index >= 15 is 0 Å². The lowest BCUT2D eigenvalue weighted by Crippen LogP contribution is -2.19. The SMILES string of the molecule is COc1ccccc1N=C1NC(=O)C(=Cc2ccc(OC)c(OC)c2)S1. The summed E-state index contributed by atoms with van der Waals surface area (Å²) in [7, 11) is 4.74. The molecular formula is C19H18N2O4S. The maximum atomic E-state index is 12.2. The first kappa shape index (κ1) is 17.9. The van der Waals surface area contributed by atoms with Crippen molar-refractivity contribution in [1.29, 1.82) is 0 Å². The fourth-order valence-electron chi connectivity index (χ4n) is 2.41. The largest absolute Gasteiger partial charge is 0.494 e. The van der Waals surface area contributed by atoms with Crippen LogP contribution in [0.1, 0.15) is 5.56 Å². The third-order valence-electron chi connectivity index (χ3n) is 3.66. The van der Waals surface area contributed by atoms with E-state index in [0.29, 0.717) is 33.0 Å². The molecular weight excluding hydrogens is 352 g/mol. The van der Waals surface area contributed by atoms with Crippen molar-refractivity contribution >= 4 is 34.6 Å². The van der Waals surface area contributed by atoms with Crippen LogP contribution in [-0.2, 0) is 4.79 Å². The lowest BCUT2D eigenvalue weighted by atomic mass is 10.2. The van der Waals surface area contributed by atoms with Crippen LogP contribution in [0.25, 0.3) is 6.08 Å². The first-order valence-electron chi connectivity index (χ1n) is 7.79. The number of amides is 1. The minimum absolute atomic E-state index is 0.196. The number of thioether (sulfide) groups is 1. The number of aliphatic imine (C=N–C) groups is 1. The predicted octanol–water partition coefficient (Wildman–Crippen LogP) is 3.60. The second kappa shape index (κ2) is 7.97. The van der Waals surface area contributed by atoms with E-state index in [1.54, 1.807) is 33.5 Å². The number of carbonyl (C=O) groups excluding carboxylic acids is 1. The van der Waals surface area contributed by atoms with Crippen LogP contribution < -0.4 is 19.5 Å². The minimum Gasteiger partial charge on any atom is -0.494 e. The maximum absolute atomic E-state index is 12.2. The summed E-state index contributed by atoms with van der Waals surface area (Å²) in [5, 5.41) is 3.28. The lowest BCUT2D eigenvalue weighted by molar-refractivity contribution is -0.115. The molecule has 1 aliphatic rings. The van der Waals surface area contributed by atoms with E-state index in [1.165, 1.54) is 11.8 Å². The van der Waals surface area contributed by atoms with Crippen molar-refractivity contribution in [2.45, 2.75) is 0 Å². The number of nitrogens with one attached hydrogen (secondary N) is 1. The zero-order valence-corrected chi connectivity index (χ0v) is 15.4. The molecule has 1 amide bonds. The Morgan fingerprint density at radius 3 is 2.42 bits per heavy atom. The van der Waals surface area contributed by atoms with Crippen molar-refractivity contribution in [3.63, 3.8) is 0 Å². The Balaban J connectivity index is 1.86. The molecule has 0 spiro atoms. The van der Waals surface area contributed by atoms with Gasteiger partial charge in [0.15, 0.2) is 16.7 Å². The van der Waals surface area contributed by atoms with Crippen LogP contribution >= 0.6 is 11.8 Å². The van der Waals surface area contributed by atoms with E-state index in [1.807, 2.05) is 36.4 Å². The molecule has 0 unspecified atom stereocenters. The van der Waals surface area contributed by atoms with Gasteiger partial charge in [-0.25, -0.2) is 4.99 Å². The number of methoxy groups -OCH3 is 3. The van der Waals surface area contributed by atoms with E-state index in [0.717, 1.165) is 5.56 Å². The number of rotatable bonds is 5. The summed E-state index contributed by atoms with van der Waals surface area (Å²) in [6.45, 7) is 0. The van der Waals surface area contributed by atoms with Crippen molar-refractivity contribution in [3.05, 3.63) is 52.9 Å². The Morgan fingerprint density at radius 1 is 0.962 bits per heavy atom. The molecule has 1 heterocycles. The normalized spacial score (nSPS) is 16.7. The van der Waals surface area contributed by atoms with Crippen LogP contribution in [0, 0.1) is 0 Å². The molecule has 7 heteroatoms. The van der Waals surface area contributed by atoms with E-state index in [2.05, 4.69) is 10.3 Å². The summed E-state index contributed by atoms with van der Waals surface area (Å²) in [5.41, 5.74) is 1.49. The molecule has 0 atom stereocenters. The second-order valence-corrected chi connectivity index (χ2v) is 6.30. The molecule has 0 saturated carbocycles. The van der Waals surface area contributed by atoms with E-state index in [4.69, 9.17) is 14.2 Å². The molecule has 0 aromatic heterocycles. The van der Waals surface area contributed by atoms with Crippen molar-refractivity contribution in [2.75, 3.05) is 21.3 Å². The zero-order chi connectivity index (χ0) is 18.5. The number of nitrogens with zero attached hydrogens (tertiary/aromatic N) is 1. The Bertz CT molecular complexity index is 893. The summed E-state index contributed by atoms with van der Waals surface area (Å²) in [6.07, 6.45) is 1.78. The van der Waals surface area contributed by atoms with Crippen LogP contribution in [-0.4, -0.2) is 32.4 Å². The quantitative estimate of drug-likeness (QED) is 0.815. The van der Waals surface area contributed by atoms with Crippen molar-refractivity contribution in [1.82, 2.24) is 5.32 Å². The Labute approximate surface area is 155 Å². The van der Waals surface area contributed by atoms with Crippen molar-refractivity contribution in [3.8, 4) is 17.2 Å². The molecule has 2 aromatic carbocycles. The van der Waals surface area contributed by atoms with E-state index < -0.39 is 0 Å². The maximum Gasteiger partial charge on any atom is 0.264 e. The predicted molar refractivity (Wildman–Crippen MR) is 103 cm³/mol. The third-order valence-corrected chi connectivity index (χ3v) is 4.57. The lowest BCUT2D eigenvalue weighted by Gasteiger charge is -2.07. The van der Waals surface area contributed by atoms with Gasteiger partial charge in [-0.1, -0.05) is 18.2 Å². The van der Waals surface area contributed by atoms with Crippen LogP contribution in [0.3, 0.4) is 0 Å². The number of para-hydroxylation sites is 2. The summed E-state index contributed by atoms with van der Waals surface area (Å²) >= 11 is 1.27. The average Bonchev–Trinajstić information content (AvgIpc) is 3.01. The van der Waals surface area contributed by atoms with Gasteiger partial charge >= 0.3 is 0 Å². The van der Waals surface area contributed by atoms with Crippen molar-refractivity contribution < 1.29 is 19.0 Å². The van der Waals surface area contributed by atoms with Gasteiger partial charge in [0.1, 0.15) is 11.4 Å². The number of amidine groups is 1. The molecule has 6 nitrogen and oxygen atoms in total. The number of ether oxygens (including phenoxy) is 3. The van der Waals surface area contributed by atoms with Crippen LogP contribution in [0.15, 0.2) is 52.4 Å². The molecule has 3 rings (SSSR count). The van der Waals surface area contributed by atoms with E-state index in [-0.39, 0.29) is 5.91 Å². The second-order valence-electron chi connectivity index (χ2n) is 5.27. The van der Waals surface area contributed by atoms with Crippen LogP contribution in [0.5, 0.6) is 17.2 Å². The fourth-order valence-corrected chi connectivity index (χ4v) is 3.24. The van der Waals surface area contributed by atoms with Gasteiger partial charge in [0, 0.05) is 0 Å². The van der Waals surface area contributed by atoms with Gasteiger partial charge in [-0.05, 0) is 47.7 Å². The summed E-state index contributed by atoms with van der Waals surface area (Å²) in [5.74, 6) is 1.69. The molecule has 0 radical (unpaired) electrons.